The number of nitrogens with one attached hydrogen (secondary N) is 1. The molecule has 4 nitrogen and oxygen atoms in total. The number of hydrogen-bond donors (Lipinski definition) is 1. The van der Waals surface area contributed by atoms with Crippen LogP contribution < -0.4 is 10.2 Å². The lowest BCUT2D eigenvalue weighted by atomic mass is 10.1. The van der Waals surface area contributed by atoms with E-state index in [2.05, 4.69) is 5.32 Å². The summed E-state index contributed by atoms with van der Waals surface area (Å²) < 4.78 is 38.9. The molecule has 3 aromatic rings. The number of rotatable bonds is 3. The van der Waals surface area contributed by atoms with Crippen LogP contribution in [0.25, 0.3) is 0 Å². The lowest BCUT2D eigenvalue weighted by Gasteiger charge is -2.25. The molecule has 0 bridgehead atoms. The van der Waals surface area contributed by atoms with Gasteiger partial charge in [0.2, 0.25) is 5.91 Å². The molecule has 0 saturated carbocycles. The summed E-state index contributed by atoms with van der Waals surface area (Å²) in [4.78, 5) is 27.6. The van der Waals surface area contributed by atoms with E-state index in [0.29, 0.717) is 11.3 Å². The summed E-state index contributed by atoms with van der Waals surface area (Å²) in [5, 5.41) is 2.53. The third kappa shape index (κ3) is 3.78. The molecule has 152 valence electrons. The maximum atomic E-state index is 13.2. The van der Waals surface area contributed by atoms with Crippen molar-refractivity contribution >= 4 is 23.2 Å². The number of benzene rings is 3. The van der Waals surface area contributed by atoms with E-state index in [4.69, 9.17) is 0 Å². The molecule has 0 unspecified atom stereocenters. The van der Waals surface area contributed by atoms with E-state index in [1.165, 1.54) is 17.0 Å². The van der Waals surface area contributed by atoms with Crippen molar-refractivity contribution in [2.24, 2.45) is 0 Å². The van der Waals surface area contributed by atoms with E-state index in [-0.39, 0.29) is 18.0 Å². The molecule has 0 aromatic heterocycles. The molecular weight excluding hydrogens is 393 g/mol. The van der Waals surface area contributed by atoms with Gasteiger partial charge in [-0.1, -0.05) is 42.5 Å². The van der Waals surface area contributed by atoms with Crippen molar-refractivity contribution in [3.63, 3.8) is 0 Å². The highest BCUT2D eigenvalue weighted by atomic mass is 19.4. The van der Waals surface area contributed by atoms with Crippen molar-refractivity contribution in [1.29, 1.82) is 0 Å². The first-order chi connectivity index (χ1) is 14.3. The minimum atomic E-state index is -4.51. The Morgan fingerprint density at radius 1 is 0.900 bits per heavy atom. The Labute approximate surface area is 170 Å². The van der Waals surface area contributed by atoms with Crippen molar-refractivity contribution in [2.45, 2.75) is 18.6 Å². The van der Waals surface area contributed by atoms with Crippen molar-refractivity contribution < 1.29 is 22.8 Å². The van der Waals surface area contributed by atoms with E-state index in [1.807, 2.05) is 12.1 Å². The molecule has 2 amide bonds. The number of fused-ring (bicyclic) bond motifs is 1. The zero-order valence-electron chi connectivity index (χ0n) is 15.7. The fourth-order valence-electron chi connectivity index (χ4n) is 3.57. The largest absolute Gasteiger partial charge is 0.416 e. The molecule has 0 aliphatic carbocycles. The summed E-state index contributed by atoms with van der Waals surface area (Å²) in [6, 6.07) is 19.3. The SMILES string of the molecule is O=C(Nc1cccc(C(F)(F)F)c1)[C@@H]1Cc2ccccc2N1C(=O)c1ccccc1. The molecule has 4 rings (SSSR count). The van der Waals surface area contributed by atoms with Gasteiger partial charge in [0, 0.05) is 23.4 Å². The van der Waals surface area contributed by atoms with Gasteiger partial charge in [-0.05, 0) is 42.0 Å². The van der Waals surface area contributed by atoms with Gasteiger partial charge in [0.05, 0.1) is 5.56 Å². The standard InChI is InChI=1S/C23H17F3N2O2/c24-23(25,26)17-10-6-11-18(14-17)27-21(29)20-13-16-9-4-5-12-19(16)28(20)22(30)15-7-2-1-3-8-15/h1-12,14,20H,13H2,(H,27,29)/t20-/m0/s1. The van der Waals surface area contributed by atoms with Crippen LogP contribution in [0.15, 0.2) is 78.9 Å². The van der Waals surface area contributed by atoms with Gasteiger partial charge in [-0.3, -0.25) is 14.5 Å². The van der Waals surface area contributed by atoms with Gasteiger partial charge < -0.3 is 5.32 Å². The maximum Gasteiger partial charge on any atom is 0.416 e. The van der Waals surface area contributed by atoms with Gasteiger partial charge in [-0.2, -0.15) is 13.2 Å². The molecule has 1 aliphatic rings. The number of halogens is 3. The molecular formula is C23H17F3N2O2. The second-order valence-electron chi connectivity index (χ2n) is 6.96. The minimum absolute atomic E-state index is 0.0258. The summed E-state index contributed by atoms with van der Waals surface area (Å²) in [6.07, 6.45) is -4.24. The number of hydrogen-bond acceptors (Lipinski definition) is 2. The quantitative estimate of drug-likeness (QED) is 0.667. The molecule has 7 heteroatoms. The van der Waals surface area contributed by atoms with Crippen LogP contribution in [-0.4, -0.2) is 17.9 Å². The summed E-state index contributed by atoms with van der Waals surface area (Å²) in [5.41, 5.74) is 1.04. The third-order valence-electron chi connectivity index (χ3n) is 4.98. The molecule has 1 N–H and O–H groups in total. The van der Waals surface area contributed by atoms with E-state index < -0.39 is 23.7 Å². The summed E-state index contributed by atoms with van der Waals surface area (Å²) in [5.74, 6) is -0.889. The molecule has 1 atom stereocenters. The van der Waals surface area contributed by atoms with Crippen LogP contribution in [0.5, 0.6) is 0 Å². The highest BCUT2D eigenvalue weighted by Gasteiger charge is 2.39. The number of carbonyl (C=O) groups excluding carboxylic acids is 2. The average Bonchev–Trinajstić information content (AvgIpc) is 3.13. The number of alkyl halides is 3. The number of amides is 2. The second kappa shape index (κ2) is 7.67. The second-order valence-corrected chi connectivity index (χ2v) is 6.96. The summed E-state index contributed by atoms with van der Waals surface area (Å²) in [6.45, 7) is 0. The highest BCUT2D eigenvalue weighted by Crippen LogP contribution is 2.35. The Kier molecular flexibility index (Phi) is 5.03. The number of para-hydroxylation sites is 1. The van der Waals surface area contributed by atoms with Crippen molar-refractivity contribution in [1.82, 2.24) is 0 Å². The van der Waals surface area contributed by atoms with Gasteiger partial charge in [-0.15, -0.1) is 0 Å². The van der Waals surface area contributed by atoms with Gasteiger partial charge in [0.25, 0.3) is 5.91 Å². The first-order valence-corrected chi connectivity index (χ1v) is 9.29. The minimum Gasteiger partial charge on any atom is -0.324 e. The van der Waals surface area contributed by atoms with E-state index >= 15 is 0 Å². The lowest BCUT2D eigenvalue weighted by molar-refractivity contribution is -0.137. The molecule has 1 heterocycles. The highest BCUT2D eigenvalue weighted by molar-refractivity contribution is 6.13. The summed E-state index contributed by atoms with van der Waals surface area (Å²) >= 11 is 0. The Balaban J connectivity index is 1.64. The van der Waals surface area contributed by atoms with Crippen molar-refractivity contribution in [3.05, 3.63) is 95.6 Å². The zero-order chi connectivity index (χ0) is 21.3. The van der Waals surface area contributed by atoms with Gasteiger partial charge in [0.15, 0.2) is 0 Å². The Hall–Kier alpha value is -3.61. The van der Waals surface area contributed by atoms with E-state index in [9.17, 15) is 22.8 Å². The molecule has 1 aliphatic heterocycles. The van der Waals surface area contributed by atoms with Crippen LogP contribution >= 0.6 is 0 Å². The number of nitrogens with zero attached hydrogens (tertiary/aromatic N) is 1. The zero-order valence-corrected chi connectivity index (χ0v) is 15.7. The fourth-order valence-corrected chi connectivity index (χ4v) is 3.57. The van der Waals surface area contributed by atoms with Crippen molar-refractivity contribution in [3.8, 4) is 0 Å². The lowest BCUT2D eigenvalue weighted by Crippen LogP contribution is -2.45. The molecule has 3 aromatic carbocycles. The average molecular weight is 410 g/mol. The van der Waals surface area contributed by atoms with Crippen molar-refractivity contribution in [2.75, 3.05) is 10.2 Å². The number of carbonyl (C=O) groups is 2. The van der Waals surface area contributed by atoms with Crippen LogP contribution in [-0.2, 0) is 17.4 Å². The summed E-state index contributed by atoms with van der Waals surface area (Å²) in [7, 11) is 0. The van der Waals surface area contributed by atoms with Crippen LogP contribution in [0.3, 0.4) is 0 Å². The van der Waals surface area contributed by atoms with Crippen LogP contribution in [0.4, 0.5) is 24.5 Å². The Morgan fingerprint density at radius 2 is 1.60 bits per heavy atom. The molecule has 30 heavy (non-hydrogen) atoms. The smallest absolute Gasteiger partial charge is 0.324 e. The van der Waals surface area contributed by atoms with Crippen LogP contribution in [0.2, 0.25) is 0 Å². The molecule has 0 saturated heterocycles. The predicted octanol–water partition coefficient (Wildman–Crippen LogP) is 4.92. The first-order valence-electron chi connectivity index (χ1n) is 9.29. The van der Waals surface area contributed by atoms with Gasteiger partial charge in [-0.25, -0.2) is 0 Å². The molecule has 0 radical (unpaired) electrons. The fraction of sp³-hybridized carbons (Fsp3) is 0.130. The molecule has 0 spiro atoms. The van der Waals surface area contributed by atoms with Crippen LogP contribution in [0.1, 0.15) is 21.5 Å². The Morgan fingerprint density at radius 3 is 2.33 bits per heavy atom. The van der Waals surface area contributed by atoms with Gasteiger partial charge in [0.1, 0.15) is 6.04 Å². The van der Waals surface area contributed by atoms with E-state index in [0.717, 1.165) is 17.7 Å². The third-order valence-corrected chi connectivity index (χ3v) is 4.98. The predicted molar refractivity (Wildman–Crippen MR) is 107 cm³/mol. The normalized spacial score (nSPS) is 15.6. The van der Waals surface area contributed by atoms with Gasteiger partial charge >= 0.3 is 6.18 Å². The monoisotopic (exact) mass is 410 g/mol. The van der Waals surface area contributed by atoms with Crippen LogP contribution in [0, 0.1) is 0 Å². The molecule has 0 fully saturated rings. The number of anilines is 2. The first kappa shape index (κ1) is 19.7. The van der Waals surface area contributed by atoms with E-state index in [1.54, 1.807) is 42.5 Å². The Bertz CT molecular complexity index is 1100. The maximum absolute atomic E-state index is 13.2. The topological polar surface area (TPSA) is 49.4 Å².